The Bertz CT molecular complexity index is 819. The summed E-state index contributed by atoms with van der Waals surface area (Å²) in [5.74, 6) is -0.537. The van der Waals surface area contributed by atoms with Crippen LogP contribution in [0.15, 0.2) is 61.2 Å². The van der Waals surface area contributed by atoms with E-state index in [0.29, 0.717) is 25.3 Å². The summed E-state index contributed by atoms with van der Waals surface area (Å²) in [6.45, 7) is 5.08. The van der Waals surface area contributed by atoms with Gasteiger partial charge in [-0.25, -0.2) is 4.79 Å². The molecule has 2 aromatic carbocycles. The second kappa shape index (κ2) is 11.7. The first-order valence-corrected chi connectivity index (χ1v) is 9.38. The molecule has 0 aromatic heterocycles. The predicted octanol–water partition coefficient (Wildman–Crippen LogP) is 4.44. The fourth-order valence-corrected chi connectivity index (χ4v) is 2.85. The molecule has 0 heterocycles. The molecule has 0 atom stereocenters. The number of rotatable bonds is 10. The molecule has 2 aromatic rings. The molecule has 6 nitrogen and oxygen atoms in total. The summed E-state index contributed by atoms with van der Waals surface area (Å²) < 4.78 is 15.2. The molecule has 0 unspecified atom stereocenters. The van der Waals surface area contributed by atoms with Crippen molar-refractivity contribution >= 4 is 23.3 Å². The number of carbonyl (C=O) groups excluding carboxylic acids is 2. The van der Waals surface area contributed by atoms with Crippen molar-refractivity contribution < 1.29 is 23.8 Å². The first-order chi connectivity index (χ1) is 14.1. The lowest BCUT2D eigenvalue weighted by molar-refractivity contribution is -0.138. The molecule has 0 aliphatic rings. The zero-order valence-electron chi connectivity index (χ0n) is 16.9. The Morgan fingerprint density at radius 3 is 2.34 bits per heavy atom. The topological polar surface area (TPSA) is 65.1 Å². The Kier molecular flexibility index (Phi) is 8.92. The van der Waals surface area contributed by atoms with Gasteiger partial charge in [0.05, 0.1) is 26.5 Å². The van der Waals surface area contributed by atoms with E-state index >= 15 is 0 Å². The molecular formula is C23H27NO5. The molecular weight excluding hydrogens is 370 g/mol. The van der Waals surface area contributed by atoms with Gasteiger partial charge in [-0.3, -0.25) is 9.69 Å². The number of methoxy groups -OCH3 is 2. The van der Waals surface area contributed by atoms with Crippen LogP contribution in [0.2, 0.25) is 0 Å². The molecule has 154 valence electrons. The van der Waals surface area contributed by atoms with Gasteiger partial charge < -0.3 is 14.2 Å². The van der Waals surface area contributed by atoms with Gasteiger partial charge in [0, 0.05) is 12.2 Å². The van der Waals surface area contributed by atoms with E-state index in [0.717, 1.165) is 23.1 Å². The van der Waals surface area contributed by atoms with E-state index in [1.165, 1.54) is 19.1 Å². The largest absolute Gasteiger partial charge is 0.468 e. The summed E-state index contributed by atoms with van der Waals surface area (Å²) in [5, 5.41) is 0. The average molecular weight is 397 g/mol. The normalized spacial score (nSPS) is 10.3. The smallest absolute Gasteiger partial charge is 0.414 e. The maximum Gasteiger partial charge on any atom is 0.414 e. The van der Waals surface area contributed by atoms with Crippen LogP contribution in [0.4, 0.5) is 10.5 Å². The number of para-hydroxylation sites is 1. The molecule has 2 rings (SSSR count). The van der Waals surface area contributed by atoms with Gasteiger partial charge in [-0.1, -0.05) is 55.1 Å². The molecule has 0 aliphatic heterocycles. The molecule has 0 spiro atoms. The third kappa shape index (κ3) is 6.76. The molecule has 0 saturated carbocycles. The van der Waals surface area contributed by atoms with Crippen LogP contribution in [0.5, 0.6) is 0 Å². The zero-order chi connectivity index (χ0) is 21.1. The van der Waals surface area contributed by atoms with E-state index in [9.17, 15) is 9.59 Å². The first kappa shape index (κ1) is 22.2. The molecule has 0 bridgehead atoms. The Morgan fingerprint density at radius 1 is 0.966 bits per heavy atom. The van der Waals surface area contributed by atoms with Crippen LogP contribution in [-0.2, 0) is 25.6 Å². The van der Waals surface area contributed by atoms with Gasteiger partial charge in [0.15, 0.2) is 0 Å². The second-order valence-corrected chi connectivity index (χ2v) is 6.39. The quantitative estimate of drug-likeness (QED) is 0.438. The molecule has 0 fully saturated rings. The highest BCUT2D eigenvalue weighted by atomic mass is 16.5. The van der Waals surface area contributed by atoms with Crippen LogP contribution in [0.25, 0.3) is 5.57 Å². The molecule has 0 radical (unpaired) electrons. The number of nitrogens with zero attached hydrogens (tertiary/aromatic N) is 1. The number of esters is 1. The lowest BCUT2D eigenvalue weighted by atomic mass is 10.0. The predicted molar refractivity (Wildman–Crippen MR) is 113 cm³/mol. The van der Waals surface area contributed by atoms with Crippen LogP contribution >= 0.6 is 0 Å². The SMILES string of the molecule is C=C(CCCOCc1ccccc1)c1ccccc1N(CC(=O)OC)C(=O)OC. The maximum absolute atomic E-state index is 12.2. The Labute approximate surface area is 171 Å². The van der Waals surface area contributed by atoms with Crippen LogP contribution in [0.1, 0.15) is 24.0 Å². The van der Waals surface area contributed by atoms with E-state index in [1.807, 2.05) is 42.5 Å². The van der Waals surface area contributed by atoms with Crippen molar-refractivity contribution in [1.29, 1.82) is 0 Å². The minimum Gasteiger partial charge on any atom is -0.468 e. The molecule has 1 amide bonds. The standard InChI is InChI=1S/C23H27NO5/c1-18(10-9-15-29-17-19-11-5-4-6-12-19)20-13-7-8-14-21(20)24(23(26)28-3)16-22(25)27-2/h4-8,11-14H,1,9-10,15-17H2,2-3H3. The number of benzene rings is 2. The highest BCUT2D eigenvalue weighted by Crippen LogP contribution is 2.29. The summed E-state index contributed by atoms with van der Waals surface area (Å²) in [4.78, 5) is 25.2. The fraction of sp³-hybridized carbons (Fsp3) is 0.304. The molecule has 6 heteroatoms. The number of ether oxygens (including phenoxy) is 3. The summed E-state index contributed by atoms with van der Waals surface area (Å²) >= 11 is 0. The number of hydrogen-bond donors (Lipinski definition) is 0. The maximum atomic E-state index is 12.2. The van der Waals surface area contributed by atoms with Crippen molar-refractivity contribution in [2.75, 3.05) is 32.3 Å². The van der Waals surface area contributed by atoms with E-state index in [2.05, 4.69) is 6.58 Å². The van der Waals surface area contributed by atoms with Crippen molar-refractivity contribution in [3.63, 3.8) is 0 Å². The minimum atomic E-state index is -0.637. The highest BCUT2D eigenvalue weighted by Gasteiger charge is 2.23. The molecule has 0 aliphatic carbocycles. The van der Waals surface area contributed by atoms with Gasteiger partial charge in [-0.05, 0) is 30.0 Å². The van der Waals surface area contributed by atoms with Crippen LogP contribution < -0.4 is 4.90 Å². The van der Waals surface area contributed by atoms with E-state index in [1.54, 1.807) is 12.1 Å². The van der Waals surface area contributed by atoms with E-state index < -0.39 is 12.1 Å². The van der Waals surface area contributed by atoms with Gasteiger partial charge in [0.1, 0.15) is 6.54 Å². The van der Waals surface area contributed by atoms with Crippen LogP contribution in [0, 0.1) is 0 Å². The van der Waals surface area contributed by atoms with E-state index in [4.69, 9.17) is 14.2 Å². The van der Waals surface area contributed by atoms with Gasteiger partial charge in [-0.2, -0.15) is 0 Å². The average Bonchev–Trinajstić information content (AvgIpc) is 2.77. The number of anilines is 1. The first-order valence-electron chi connectivity index (χ1n) is 9.38. The summed E-state index contributed by atoms with van der Waals surface area (Å²) in [6.07, 6.45) is 0.843. The van der Waals surface area contributed by atoms with Crippen molar-refractivity contribution in [3.8, 4) is 0 Å². The lowest BCUT2D eigenvalue weighted by Gasteiger charge is -2.23. The van der Waals surface area contributed by atoms with Crippen molar-refractivity contribution in [1.82, 2.24) is 0 Å². The summed E-state index contributed by atoms with van der Waals surface area (Å²) in [5.41, 5.74) is 3.32. The number of allylic oxidation sites excluding steroid dienone is 1. The number of hydrogen-bond acceptors (Lipinski definition) is 5. The second-order valence-electron chi connectivity index (χ2n) is 6.39. The van der Waals surface area contributed by atoms with Crippen molar-refractivity contribution in [2.24, 2.45) is 0 Å². The lowest BCUT2D eigenvalue weighted by Crippen LogP contribution is -2.36. The van der Waals surface area contributed by atoms with Gasteiger partial charge in [-0.15, -0.1) is 0 Å². The molecule has 0 N–H and O–H groups in total. The van der Waals surface area contributed by atoms with Gasteiger partial charge in [0.2, 0.25) is 0 Å². The Morgan fingerprint density at radius 2 is 1.66 bits per heavy atom. The van der Waals surface area contributed by atoms with Crippen LogP contribution in [-0.4, -0.2) is 39.4 Å². The summed E-state index contributed by atoms with van der Waals surface area (Å²) in [6, 6.07) is 17.3. The third-order valence-electron chi connectivity index (χ3n) is 4.36. The molecule has 0 saturated heterocycles. The van der Waals surface area contributed by atoms with Gasteiger partial charge >= 0.3 is 12.1 Å². The highest BCUT2D eigenvalue weighted by molar-refractivity contribution is 5.96. The van der Waals surface area contributed by atoms with Gasteiger partial charge in [0.25, 0.3) is 0 Å². The van der Waals surface area contributed by atoms with E-state index in [-0.39, 0.29) is 6.54 Å². The number of carbonyl (C=O) groups is 2. The molecule has 29 heavy (non-hydrogen) atoms. The monoisotopic (exact) mass is 397 g/mol. The zero-order valence-corrected chi connectivity index (χ0v) is 16.9. The Balaban J connectivity index is 1.99. The third-order valence-corrected chi connectivity index (χ3v) is 4.36. The van der Waals surface area contributed by atoms with Crippen LogP contribution in [0.3, 0.4) is 0 Å². The Hall–Kier alpha value is -3.12. The minimum absolute atomic E-state index is 0.242. The van der Waals surface area contributed by atoms with Crippen molar-refractivity contribution in [3.05, 3.63) is 72.3 Å². The van der Waals surface area contributed by atoms with Crippen molar-refractivity contribution in [2.45, 2.75) is 19.4 Å². The summed E-state index contributed by atoms with van der Waals surface area (Å²) in [7, 11) is 2.55. The fourth-order valence-electron chi connectivity index (χ4n) is 2.85. The number of amides is 1.